The molecular weight excluding hydrogens is 646 g/mol. The molecule has 0 aliphatic carbocycles. The third kappa shape index (κ3) is 5.06. The number of halogens is 10. The topological polar surface area (TPSA) is 149 Å². The Labute approximate surface area is 231 Å². The quantitative estimate of drug-likeness (QED) is 0.165. The molecule has 0 aromatic heterocycles. The molecule has 222 valence electrons. The number of benzene rings is 3. The highest BCUT2D eigenvalue weighted by Gasteiger charge is 2.37. The van der Waals surface area contributed by atoms with Crippen LogP contribution in [0.5, 0.6) is 0 Å². The van der Waals surface area contributed by atoms with E-state index >= 15 is 0 Å². The SMILES string of the molecule is O=C(O)c1c(F)c(F)c(Sc2c(F)c(F)c(Sc3c(F)c(F)c(C(=O)O)c(C(=O)O)c3F)c(F)c2F)c(F)c1C(=O)O. The van der Waals surface area contributed by atoms with Crippen molar-refractivity contribution >= 4 is 47.4 Å². The van der Waals surface area contributed by atoms with Crippen LogP contribution in [0.1, 0.15) is 41.4 Å². The predicted molar refractivity (Wildman–Crippen MR) is 115 cm³/mol. The van der Waals surface area contributed by atoms with E-state index in [0.29, 0.717) is 0 Å². The summed E-state index contributed by atoms with van der Waals surface area (Å²) in [5, 5.41) is 35.8. The van der Waals surface area contributed by atoms with Crippen LogP contribution in [-0.2, 0) is 0 Å². The maximum absolute atomic E-state index is 14.8. The Bertz CT molecular complexity index is 1610. The predicted octanol–water partition coefficient (Wildman–Crippen LogP) is 6.17. The molecule has 3 aromatic rings. The Balaban J connectivity index is 2.26. The highest BCUT2D eigenvalue weighted by Crippen LogP contribution is 2.45. The minimum atomic E-state index is -2.62. The second-order valence-electron chi connectivity index (χ2n) is 7.38. The lowest BCUT2D eigenvalue weighted by Crippen LogP contribution is -2.17. The van der Waals surface area contributed by atoms with Crippen molar-refractivity contribution in [3.05, 3.63) is 80.4 Å². The van der Waals surface area contributed by atoms with E-state index < -0.39 is 147 Å². The molecule has 0 saturated heterocycles. The van der Waals surface area contributed by atoms with Crippen molar-refractivity contribution < 1.29 is 83.5 Å². The van der Waals surface area contributed by atoms with Crippen molar-refractivity contribution in [2.75, 3.05) is 0 Å². The fraction of sp³-hybridized carbons (Fsp3) is 0. The highest BCUT2D eigenvalue weighted by atomic mass is 32.2. The third-order valence-electron chi connectivity index (χ3n) is 5.01. The fourth-order valence-electron chi connectivity index (χ4n) is 3.23. The zero-order chi connectivity index (χ0) is 32.1. The summed E-state index contributed by atoms with van der Waals surface area (Å²) in [7, 11) is 0. The van der Waals surface area contributed by atoms with E-state index in [-0.39, 0.29) is 0 Å². The van der Waals surface area contributed by atoms with E-state index in [2.05, 4.69) is 0 Å². The van der Waals surface area contributed by atoms with Crippen LogP contribution >= 0.6 is 23.5 Å². The number of hydrogen-bond donors (Lipinski definition) is 4. The molecule has 0 atom stereocenters. The summed E-state index contributed by atoms with van der Waals surface area (Å²) >= 11 is -2.03. The van der Waals surface area contributed by atoms with Gasteiger partial charge in [0, 0.05) is 0 Å². The molecule has 3 aromatic carbocycles. The molecule has 4 N–H and O–H groups in total. The first-order chi connectivity index (χ1) is 19.4. The minimum absolute atomic E-state index is 1.01. The second kappa shape index (κ2) is 11.4. The molecule has 0 spiro atoms. The standard InChI is InChI=1S/C22H4F10O8S2/c23-5-1(19(33)34)3(21(37)38)7(25)15(9(5)27)41-17-11(29)13(31)18(14(32)12(17)30)42-16-8(26)4(22(39)40)2(20(35)36)6(24)10(16)28/h(H,33,34)(H,35,36)(H,37,38)(H,39,40). The second-order valence-corrected chi connectivity index (χ2v) is 9.42. The maximum Gasteiger partial charge on any atom is 0.339 e. The molecule has 0 unspecified atom stereocenters. The average Bonchev–Trinajstić information content (AvgIpc) is 2.89. The van der Waals surface area contributed by atoms with E-state index in [4.69, 9.17) is 20.4 Å². The van der Waals surface area contributed by atoms with E-state index in [1.807, 2.05) is 0 Å². The maximum atomic E-state index is 14.8. The number of carbonyl (C=O) groups is 4. The molecule has 0 bridgehead atoms. The fourth-order valence-corrected chi connectivity index (χ4v) is 5.10. The Morgan fingerprint density at radius 3 is 0.714 bits per heavy atom. The van der Waals surface area contributed by atoms with Crippen LogP contribution in [0, 0.1) is 58.2 Å². The largest absolute Gasteiger partial charge is 0.478 e. The van der Waals surface area contributed by atoms with E-state index in [1.165, 1.54) is 0 Å². The van der Waals surface area contributed by atoms with Gasteiger partial charge >= 0.3 is 23.9 Å². The van der Waals surface area contributed by atoms with Crippen LogP contribution in [0.25, 0.3) is 0 Å². The van der Waals surface area contributed by atoms with Gasteiger partial charge in [0.25, 0.3) is 0 Å². The molecule has 0 saturated carbocycles. The van der Waals surface area contributed by atoms with Crippen LogP contribution in [-0.4, -0.2) is 44.3 Å². The lowest BCUT2D eigenvalue weighted by molar-refractivity contribution is 0.0640. The Hall–Kier alpha value is -4.46. The number of carboxylic acid groups (broad SMARTS) is 4. The average molecular weight is 650 g/mol. The van der Waals surface area contributed by atoms with Crippen LogP contribution in [0.3, 0.4) is 0 Å². The number of rotatable bonds is 8. The highest BCUT2D eigenvalue weighted by molar-refractivity contribution is 7.99. The zero-order valence-electron chi connectivity index (χ0n) is 19.0. The van der Waals surface area contributed by atoms with Gasteiger partial charge in [-0.25, -0.2) is 63.1 Å². The molecule has 0 heterocycles. The molecule has 0 aliphatic heterocycles. The molecule has 0 fully saturated rings. The molecule has 8 nitrogen and oxygen atoms in total. The monoisotopic (exact) mass is 650 g/mol. The summed E-state index contributed by atoms with van der Waals surface area (Å²) in [5.41, 5.74) is -8.22. The van der Waals surface area contributed by atoms with Gasteiger partial charge in [-0.1, -0.05) is 23.5 Å². The molecule has 0 amide bonds. The van der Waals surface area contributed by atoms with E-state index in [0.717, 1.165) is 0 Å². The van der Waals surface area contributed by atoms with Crippen molar-refractivity contribution in [2.24, 2.45) is 0 Å². The summed E-state index contributed by atoms with van der Waals surface area (Å²) in [6, 6.07) is 0. The normalized spacial score (nSPS) is 11.1. The van der Waals surface area contributed by atoms with Gasteiger partial charge in [-0.2, -0.15) is 0 Å². The van der Waals surface area contributed by atoms with Gasteiger partial charge in [-0.05, 0) is 0 Å². The zero-order valence-corrected chi connectivity index (χ0v) is 20.7. The molecule has 0 radical (unpaired) electrons. The smallest absolute Gasteiger partial charge is 0.339 e. The van der Waals surface area contributed by atoms with E-state index in [9.17, 15) is 63.1 Å². The summed E-state index contributed by atoms with van der Waals surface area (Å²) in [5.74, 6) is -35.6. The lowest BCUT2D eigenvalue weighted by Gasteiger charge is -2.15. The first kappa shape index (κ1) is 32.1. The van der Waals surface area contributed by atoms with Gasteiger partial charge in [0.15, 0.2) is 58.2 Å². The summed E-state index contributed by atoms with van der Waals surface area (Å²) in [6.07, 6.45) is 0. The van der Waals surface area contributed by atoms with Gasteiger partial charge in [-0.3, -0.25) is 0 Å². The van der Waals surface area contributed by atoms with Crippen LogP contribution < -0.4 is 0 Å². The van der Waals surface area contributed by atoms with Gasteiger partial charge in [0.2, 0.25) is 0 Å². The van der Waals surface area contributed by atoms with Gasteiger partial charge < -0.3 is 20.4 Å². The third-order valence-corrected chi connectivity index (χ3v) is 7.26. The molecule has 20 heteroatoms. The molecule has 0 aliphatic rings. The van der Waals surface area contributed by atoms with Crippen molar-refractivity contribution in [1.29, 1.82) is 0 Å². The molecule has 3 rings (SSSR count). The van der Waals surface area contributed by atoms with Gasteiger partial charge in [-0.15, -0.1) is 0 Å². The Morgan fingerprint density at radius 1 is 0.333 bits per heavy atom. The first-order valence-electron chi connectivity index (χ1n) is 9.92. The first-order valence-corrected chi connectivity index (χ1v) is 11.6. The number of carboxylic acids is 4. The van der Waals surface area contributed by atoms with Crippen molar-refractivity contribution in [1.82, 2.24) is 0 Å². The van der Waals surface area contributed by atoms with Gasteiger partial charge in [0.1, 0.15) is 22.3 Å². The lowest BCUT2D eigenvalue weighted by atomic mass is 10.1. The Morgan fingerprint density at radius 2 is 0.500 bits per heavy atom. The van der Waals surface area contributed by atoms with Gasteiger partial charge in [0.05, 0.1) is 19.6 Å². The number of hydrogen-bond acceptors (Lipinski definition) is 6. The molecule has 42 heavy (non-hydrogen) atoms. The molecular formula is C22H4F10O8S2. The summed E-state index contributed by atoms with van der Waals surface area (Å²) in [6.45, 7) is 0. The van der Waals surface area contributed by atoms with Crippen LogP contribution in [0.4, 0.5) is 43.9 Å². The number of aromatic carboxylic acids is 4. The van der Waals surface area contributed by atoms with Crippen molar-refractivity contribution in [3.8, 4) is 0 Å². The Kier molecular flexibility index (Phi) is 8.73. The summed E-state index contributed by atoms with van der Waals surface area (Å²) < 4.78 is 146. The van der Waals surface area contributed by atoms with Crippen LogP contribution in [0.15, 0.2) is 19.6 Å². The van der Waals surface area contributed by atoms with Crippen molar-refractivity contribution in [2.45, 2.75) is 19.6 Å². The summed E-state index contributed by atoms with van der Waals surface area (Å²) in [4.78, 5) is 36.5. The van der Waals surface area contributed by atoms with E-state index in [1.54, 1.807) is 0 Å². The van der Waals surface area contributed by atoms with Crippen molar-refractivity contribution in [3.63, 3.8) is 0 Å². The minimum Gasteiger partial charge on any atom is -0.478 e. The van der Waals surface area contributed by atoms with Crippen LogP contribution in [0.2, 0.25) is 0 Å².